The number of piperidine rings is 1. The van der Waals surface area contributed by atoms with Crippen molar-refractivity contribution in [1.82, 2.24) is 4.57 Å². The molecule has 5 heteroatoms. The van der Waals surface area contributed by atoms with E-state index in [4.69, 9.17) is 4.74 Å². The maximum Gasteiger partial charge on any atom is 0.231 e. The third-order valence-corrected chi connectivity index (χ3v) is 6.10. The number of ketones is 1. The first-order valence-electron chi connectivity index (χ1n) is 10.3. The summed E-state index contributed by atoms with van der Waals surface area (Å²) in [5, 5.41) is 13.6. The normalized spacial score (nSPS) is 18.4. The number of hydrogen-bond acceptors (Lipinski definition) is 3. The average Bonchev–Trinajstić information content (AvgIpc) is 3.23. The van der Waals surface area contributed by atoms with Gasteiger partial charge in [-0.1, -0.05) is 30.0 Å². The SMILES string of the molecule is Cn1cc(C=C2Oc3c(ccc([O-])c3C[NH+]3CCCCC3)C2=O)c2ccccc21. The molecule has 0 unspecified atom stereocenters. The molecule has 29 heavy (non-hydrogen) atoms. The minimum atomic E-state index is -0.150. The molecule has 3 aromatic rings. The zero-order valence-electron chi connectivity index (χ0n) is 16.5. The van der Waals surface area contributed by atoms with Gasteiger partial charge in [-0.3, -0.25) is 4.79 Å². The van der Waals surface area contributed by atoms with Gasteiger partial charge in [0.15, 0.2) is 5.76 Å². The first-order chi connectivity index (χ1) is 14.1. The van der Waals surface area contributed by atoms with Gasteiger partial charge in [-0.15, -0.1) is 0 Å². The molecule has 1 saturated heterocycles. The van der Waals surface area contributed by atoms with Crippen LogP contribution in [0.25, 0.3) is 17.0 Å². The van der Waals surface area contributed by atoms with Crippen molar-refractivity contribution in [3.63, 3.8) is 0 Å². The highest BCUT2D eigenvalue weighted by molar-refractivity contribution is 6.15. The largest absolute Gasteiger partial charge is 0.872 e. The highest BCUT2D eigenvalue weighted by Gasteiger charge is 2.31. The Hall–Kier alpha value is -3.05. The molecule has 0 saturated carbocycles. The lowest BCUT2D eigenvalue weighted by atomic mass is 10.0. The van der Waals surface area contributed by atoms with Crippen molar-refractivity contribution in [1.29, 1.82) is 0 Å². The predicted octanol–water partition coefficient (Wildman–Crippen LogP) is 2.44. The lowest BCUT2D eigenvalue weighted by Gasteiger charge is -2.26. The second kappa shape index (κ2) is 7.08. The molecule has 2 aliphatic heterocycles. The number of aryl methyl sites for hydroxylation is 1. The number of rotatable bonds is 3. The maximum absolute atomic E-state index is 13.0. The van der Waals surface area contributed by atoms with Crippen LogP contribution in [0.15, 0.2) is 48.4 Å². The number of fused-ring (bicyclic) bond motifs is 2. The van der Waals surface area contributed by atoms with E-state index in [1.807, 2.05) is 42.1 Å². The number of allylic oxidation sites excluding steroid dienone is 1. The van der Waals surface area contributed by atoms with Crippen LogP contribution in [0.4, 0.5) is 0 Å². The van der Waals surface area contributed by atoms with E-state index in [0.29, 0.717) is 23.4 Å². The molecular formula is C24H24N2O3. The number of Topliss-reactive ketones (excluding diaryl/α,β-unsaturated/α-hetero) is 1. The first-order valence-corrected chi connectivity index (χ1v) is 10.3. The van der Waals surface area contributed by atoms with Crippen molar-refractivity contribution in [2.24, 2.45) is 7.05 Å². The van der Waals surface area contributed by atoms with E-state index >= 15 is 0 Å². The van der Waals surface area contributed by atoms with E-state index in [-0.39, 0.29) is 17.3 Å². The topological polar surface area (TPSA) is 58.7 Å². The number of likely N-dealkylation sites (tertiary alicyclic amines) is 1. The van der Waals surface area contributed by atoms with Gasteiger partial charge in [-0.2, -0.15) is 0 Å². The van der Waals surface area contributed by atoms with Crippen LogP contribution in [0, 0.1) is 0 Å². The molecule has 0 spiro atoms. The molecule has 3 heterocycles. The van der Waals surface area contributed by atoms with E-state index in [0.717, 1.165) is 29.6 Å². The number of carbonyl (C=O) groups is 1. The van der Waals surface area contributed by atoms with E-state index in [2.05, 4.69) is 0 Å². The molecule has 5 nitrogen and oxygen atoms in total. The van der Waals surface area contributed by atoms with Gasteiger partial charge in [0, 0.05) is 35.3 Å². The maximum atomic E-state index is 13.0. The van der Waals surface area contributed by atoms with Crippen LogP contribution in [-0.4, -0.2) is 23.4 Å². The Labute approximate surface area is 169 Å². The highest BCUT2D eigenvalue weighted by atomic mass is 16.5. The van der Waals surface area contributed by atoms with Crippen molar-refractivity contribution in [2.75, 3.05) is 13.1 Å². The van der Waals surface area contributed by atoms with Crippen molar-refractivity contribution in [3.8, 4) is 11.5 Å². The summed E-state index contributed by atoms with van der Waals surface area (Å²) in [7, 11) is 1.99. The third-order valence-electron chi connectivity index (χ3n) is 6.10. The fraction of sp³-hybridized carbons (Fsp3) is 0.292. The van der Waals surface area contributed by atoms with Crippen LogP contribution in [-0.2, 0) is 13.6 Å². The van der Waals surface area contributed by atoms with Gasteiger partial charge in [0.1, 0.15) is 12.3 Å². The Morgan fingerprint density at radius 2 is 1.93 bits per heavy atom. The molecule has 1 N–H and O–H groups in total. The lowest BCUT2D eigenvalue weighted by molar-refractivity contribution is -0.918. The molecular weight excluding hydrogens is 364 g/mol. The number of hydrogen-bond donors (Lipinski definition) is 1. The van der Waals surface area contributed by atoms with Crippen LogP contribution < -0.4 is 14.7 Å². The Bertz CT molecular complexity index is 1140. The fourth-order valence-electron chi connectivity index (χ4n) is 4.56. The molecule has 148 valence electrons. The van der Waals surface area contributed by atoms with Gasteiger partial charge in [-0.25, -0.2) is 0 Å². The minimum Gasteiger partial charge on any atom is -0.872 e. The summed E-state index contributed by atoms with van der Waals surface area (Å²) in [5.74, 6) is 0.563. The van der Waals surface area contributed by atoms with Gasteiger partial charge >= 0.3 is 0 Å². The molecule has 2 aliphatic rings. The second-order valence-corrected chi connectivity index (χ2v) is 8.06. The summed E-state index contributed by atoms with van der Waals surface area (Å²) < 4.78 is 8.06. The number of ether oxygens (including phenoxy) is 1. The summed E-state index contributed by atoms with van der Waals surface area (Å²) in [6, 6.07) is 11.2. The summed E-state index contributed by atoms with van der Waals surface area (Å²) in [6.07, 6.45) is 7.42. The van der Waals surface area contributed by atoms with E-state index in [9.17, 15) is 9.90 Å². The Morgan fingerprint density at radius 3 is 2.76 bits per heavy atom. The Kier molecular flexibility index (Phi) is 4.40. The number of aromatic nitrogens is 1. The Balaban J connectivity index is 1.52. The van der Waals surface area contributed by atoms with Crippen molar-refractivity contribution >= 4 is 22.8 Å². The van der Waals surface area contributed by atoms with Crippen LogP contribution >= 0.6 is 0 Å². The van der Waals surface area contributed by atoms with Crippen LogP contribution in [0.1, 0.15) is 40.7 Å². The molecule has 0 radical (unpaired) electrons. The molecule has 0 amide bonds. The standard InChI is InChI=1S/C24H24N2O3/c1-25-14-16(17-7-3-4-8-20(17)25)13-22-23(28)18-9-10-21(27)19(24(18)29-22)15-26-11-5-2-6-12-26/h3-4,7-10,13-14,27H,2,5-6,11-12,15H2,1H3. The number of nitrogens with one attached hydrogen (secondary N) is 1. The summed E-state index contributed by atoms with van der Waals surface area (Å²) >= 11 is 0. The van der Waals surface area contributed by atoms with E-state index in [1.165, 1.54) is 30.2 Å². The quantitative estimate of drug-likeness (QED) is 0.701. The van der Waals surface area contributed by atoms with Gasteiger partial charge in [0.25, 0.3) is 0 Å². The van der Waals surface area contributed by atoms with Crippen LogP contribution in [0.2, 0.25) is 0 Å². The van der Waals surface area contributed by atoms with Crippen molar-refractivity contribution in [3.05, 3.63) is 65.0 Å². The highest BCUT2D eigenvalue weighted by Crippen LogP contribution is 2.38. The first kappa shape index (κ1) is 18.0. The summed E-state index contributed by atoms with van der Waals surface area (Å²) in [4.78, 5) is 14.4. The van der Waals surface area contributed by atoms with Gasteiger partial charge in [0.05, 0.1) is 18.7 Å². The van der Waals surface area contributed by atoms with E-state index < -0.39 is 0 Å². The number of carbonyl (C=O) groups excluding carboxylic acids is 1. The predicted molar refractivity (Wildman–Crippen MR) is 110 cm³/mol. The smallest absolute Gasteiger partial charge is 0.231 e. The monoisotopic (exact) mass is 388 g/mol. The molecule has 0 bridgehead atoms. The number of para-hydroxylation sites is 1. The molecule has 1 fully saturated rings. The molecule has 2 aromatic carbocycles. The second-order valence-electron chi connectivity index (χ2n) is 8.06. The zero-order chi connectivity index (χ0) is 20.0. The molecule has 5 rings (SSSR count). The summed E-state index contributed by atoms with van der Waals surface area (Å²) in [5.41, 5.74) is 3.17. The van der Waals surface area contributed by atoms with Gasteiger partial charge < -0.3 is 19.3 Å². The molecule has 1 aromatic heterocycles. The number of quaternary nitrogens is 1. The van der Waals surface area contributed by atoms with Crippen LogP contribution in [0.5, 0.6) is 11.5 Å². The average molecular weight is 388 g/mol. The van der Waals surface area contributed by atoms with Gasteiger partial charge in [-0.05, 0) is 37.5 Å². The summed E-state index contributed by atoms with van der Waals surface area (Å²) in [6.45, 7) is 2.75. The zero-order valence-corrected chi connectivity index (χ0v) is 16.5. The van der Waals surface area contributed by atoms with Crippen molar-refractivity contribution in [2.45, 2.75) is 25.8 Å². The van der Waals surface area contributed by atoms with Gasteiger partial charge in [0.2, 0.25) is 5.78 Å². The molecule has 0 aliphatic carbocycles. The lowest BCUT2D eigenvalue weighted by Crippen LogP contribution is -3.11. The third kappa shape index (κ3) is 3.12. The minimum absolute atomic E-state index is 0.0407. The number of nitrogens with zero attached hydrogens (tertiary/aromatic N) is 1. The van der Waals surface area contributed by atoms with Crippen LogP contribution in [0.3, 0.4) is 0 Å². The Morgan fingerprint density at radius 1 is 1.14 bits per heavy atom. The fourth-order valence-corrected chi connectivity index (χ4v) is 4.56. The van der Waals surface area contributed by atoms with E-state index in [1.54, 1.807) is 12.1 Å². The number of benzene rings is 2. The molecule has 0 atom stereocenters. The van der Waals surface area contributed by atoms with Crippen molar-refractivity contribution < 1.29 is 19.5 Å².